The lowest BCUT2D eigenvalue weighted by molar-refractivity contribution is 0.0152. The first-order valence-electron chi connectivity index (χ1n) is 4.72. The Kier molecular flexibility index (Phi) is 3.76. The third kappa shape index (κ3) is 2.32. The average Bonchev–Trinajstić information content (AvgIpc) is 2.16. The van der Waals surface area contributed by atoms with Gasteiger partial charge in [-0.15, -0.1) is 6.58 Å². The number of hydrogen-bond acceptors (Lipinski definition) is 2. The van der Waals surface area contributed by atoms with Crippen LogP contribution in [0.3, 0.4) is 0 Å². The molecular formula is C10H19NO. The van der Waals surface area contributed by atoms with Crippen LogP contribution in [0.15, 0.2) is 12.7 Å². The maximum absolute atomic E-state index is 5.79. The van der Waals surface area contributed by atoms with Crippen LogP contribution in [0, 0.1) is 5.41 Å². The van der Waals surface area contributed by atoms with Gasteiger partial charge in [0.05, 0.1) is 0 Å². The summed E-state index contributed by atoms with van der Waals surface area (Å²) in [6.07, 6.45) is 6.48. The Morgan fingerprint density at radius 2 is 2.08 bits per heavy atom. The fourth-order valence-corrected chi connectivity index (χ4v) is 1.77. The van der Waals surface area contributed by atoms with E-state index in [-0.39, 0.29) is 0 Å². The predicted molar refractivity (Wildman–Crippen MR) is 51.0 cm³/mol. The van der Waals surface area contributed by atoms with Crippen LogP contribution >= 0.6 is 0 Å². The van der Waals surface area contributed by atoms with Crippen molar-refractivity contribution in [3.63, 3.8) is 0 Å². The molecule has 0 radical (unpaired) electrons. The number of rotatable bonds is 4. The molecule has 0 aromatic heterocycles. The lowest BCUT2D eigenvalue weighted by Gasteiger charge is -2.35. The minimum absolute atomic E-state index is 0.354. The van der Waals surface area contributed by atoms with Gasteiger partial charge in [-0.1, -0.05) is 6.08 Å². The van der Waals surface area contributed by atoms with E-state index in [1.807, 2.05) is 6.08 Å². The van der Waals surface area contributed by atoms with Crippen molar-refractivity contribution in [3.8, 4) is 0 Å². The molecule has 1 aliphatic heterocycles. The van der Waals surface area contributed by atoms with Crippen molar-refractivity contribution in [2.45, 2.75) is 25.7 Å². The van der Waals surface area contributed by atoms with Crippen molar-refractivity contribution in [2.24, 2.45) is 11.1 Å². The highest BCUT2D eigenvalue weighted by Gasteiger charge is 2.29. The Morgan fingerprint density at radius 3 is 2.58 bits per heavy atom. The second-order valence-corrected chi connectivity index (χ2v) is 3.64. The number of ether oxygens (including phenoxy) is 1. The maximum Gasteiger partial charge on any atom is 0.0471 e. The van der Waals surface area contributed by atoms with Gasteiger partial charge in [-0.3, -0.25) is 0 Å². The first-order valence-corrected chi connectivity index (χ1v) is 4.72. The van der Waals surface area contributed by atoms with Crippen LogP contribution in [0.4, 0.5) is 0 Å². The van der Waals surface area contributed by atoms with E-state index in [9.17, 15) is 0 Å². The molecule has 0 aromatic carbocycles. The molecule has 0 atom stereocenters. The molecule has 1 aliphatic rings. The average molecular weight is 169 g/mol. The second-order valence-electron chi connectivity index (χ2n) is 3.64. The van der Waals surface area contributed by atoms with Gasteiger partial charge in [0.15, 0.2) is 0 Å². The van der Waals surface area contributed by atoms with Gasteiger partial charge in [-0.05, 0) is 37.6 Å². The maximum atomic E-state index is 5.79. The molecule has 0 spiro atoms. The van der Waals surface area contributed by atoms with E-state index in [4.69, 9.17) is 10.5 Å². The fraction of sp³-hybridized carbons (Fsp3) is 0.800. The largest absolute Gasteiger partial charge is 0.381 e. The van der Waals surface area contributed by atoms with E-state index >= 15 is 0 Å². The molecule has 1 rings (SSSR count). The van der Waals surface area contributed by atoms with Gasteiger partial charge in [-0.2, -0.15) is 0 Å². The summed E-state index contributed by atoms with van der Waals surface area (Å²) in [6.45, 7) is 6.30. The molecule has 2 heteroatoms. The Hall–Kier alpha value is -0.340. The Balaban J connectivity index is 2.41. The molecule has 1 saturated heterocycles. The summed E-state index contributed by atoms with van der Waals surface area (Å²) in [5.74, 6) is 0. The minimum Gasteiger partial charge on any atom is -0.381 e. The zero-order valence-electron chi connectivity index (χ0n) is 7.72. The summed E-state index contributed by atoms with van der Waals surface area (Å²) in [5, 5.41) is 0. The van der Waals surface area contributed by atoms with Gasteiger partial charge >= 0.3 is 0 Å². The summed E-state index contributed by atoms with van der Waals surface area (Å²) in [4.78, 5) is 0. The summed E-state index contributed by atoms with van der Waals surface area (Å²) in [6, 6.07) is 0. The molecule has 0 amide bonds. The second kappa shape index (κ2) is 4.63. The van der Waals surface area contributed by atoms with Crippen LogP contribution in [0.25, 0.3) is 0 Å². The van der Waals surface area contributed by atoms with Crippen molar-refractivity contribution in [1.82, 2.24) is 0 Å². The predicted octanol–water partition coefficient (Wildman–Crippen LogP) is 1.71. The van der Waals surface area contributed by atoms with Crippen molar-refractivity contribution < 1.29 is 4.74 Å². The van der Waals surface area contributed by atoms with Gasteiger partial charge in [0.25, 0.3) is 0 Å². The van der Waals surface area contributed by atoms with E-state index in [1.54, 1.807) is 0 Å². The van der Waals surface area contributed by atoms with E-state index in [2.05, 4.69) is 6.58 Å². The first kappa shape index (κ1) is 9.75. The number of nitrogens with two attached hydrogens (primary N) is 1. The summed E-state index contributed by atoms with van der Waals surface area (Å²) in [5.41, 5.74) is 6.14. The molecule has 2 nitrogen and oxygen atoms in total. The monoisotopic (exact) mass is 169 g/mol. The molecule has 0 bridgehead atoms. The summed E-state index contributed by atoms with van der Waals surface area (Å²) >= 11 is 0. The lowest BCUT2D eigenvalue weighted by atomic mass is 9.76. The first-order chi connectivity index (χ1) is 5.83. The van der Waals surface area contributed by atoms with E-state index in [0.717, 1.165) is 39.0 Å². The van der Waals surface area contributed by atoms with Gasteiger partial charge in [0.2, 0.25) is 0 Å². The van der Waals surface area contributed by atoms with Gasteiger partial charge < -0.3 is 10.5 Å². The van der Waals surface area contributed by atoms with Crippen molar-refractivity contribution in [3.05, 3.63) is 12.7 Å². The molecule has 12 heavy (non-hydrogen) atoms. The minimum atomic E-state index is 0.354. The molecule has 0 aliphatic carbocycles. The van der Waals surface area contributed by atoms with Crippen LogP contribution in [-0.2, 0) is 4.74 Å². The summed E-state index contributed by atoms with van der Waals surface area (Å²) in [7, 11) is 0. The highest BCUT2D eigenvalue weighted by atomic mass is 16.5. The molecule has 0 aromatic rings. The normalized spacial score (nSPS) is 22.1. The fourth-order valence-electron chi connectivity index (χ4n) is 1.77. The van der Waals surface area contributed by atoms with E-state index in [0.29, 0.717) is 5.41 Å². The molecule has 2 N–H and O–H groups in total. The molecule has 0 saturated carbocycles. The topological polar surface area (TPSA) is 35.2 Å². The van der Waals surface area contributed by atoms with Crippen LogP contribution < -0.4 is 5.73 Å². The third-order valence-corrected chi connectivity index (χ3v) is 2.87. The van der Waals surface area contributed by atoms with E-state index < -0.39 is 0 Å². The van der Waals surface area contributed by atoms with Gasteiger partial charge in [-0.25, -0.2) is 0 Å². The Bertz CT molecular complexity index is 139. The molecule has 1 heterocycles. The van der Waals surface area contributed by atoms with Crippen LogP contribution in [-0.4, -0.2) is 19.8 Å². The molecule has 0 unspecified atom stereocenters. The number of allylic oxidation sites excluding steroid dienone is 1. The molecule has 1 fully saturated rings. The molecular weight excluding hydrogens is 150 g/mol. The number of hydrogen-bond donors (Lipinski definition) is 1. The van der Waals surface area contributed by atoms with E-state index in [1.165, 1.54) is 6.42 Å². The highest BCUT2D eigenvalue weighted by molar-refractivity contribution is 4.85. The van der Waals surface area contributed by atoms with Crippen molar-refractivity contribution in [2.75, 3.05) is 19.8 Å². The highest BCUT2D eigenvalue weighted by Crippen LogP contribution is 2.34. The standard InChI is InChI=1S/C10H19NO/c1-2-3-4-10(9-11)5-7-12-8-6-10/h2H,1,3-9,11H2. The van der Waals surface area contributed by atoms with Crippen molar-refractivity contribution in [1.29, 1.82) is 0 Å². The molecule has 70 valence electrons. The lowest BCUT2D eigenvalue weighted by Crippen LogP contribution is -2.36. The Morgan fingerprint density at radius 1 is 1.42 bits per heavy atom. The quantitative estimate of drug-likeness (QED) is 0.650. The van der Waals surface area contributed by atoms with Crippen molar-refractivity contribution >= 4 is 0 Å². The van der Waals surface area contributed by atoms with Crippen LogP contribution in [0.5, 0.6) is 0 Å². The zero-order valence-corrected chi connectivity index (χ0v) is 7.72. The Labute approximate surface area is 74.8 Å². The van der Waals surface area contributed by atoms with Gasteiger partial charge in [0.1, 0.15) is 0 Å². The third-order valence-electron chi connectivity index (χ3n) is 2.87. The van der Waals surface area contributed by atoms with Crippen LogP contribution in [0.1, 0.15) is 25.7 Å². The SMILES string of the molecule is C=CCCC1(CN)CCOCC1. The smallest absolute Gasteiger partial charge is 0.0471 e. The van der Waals surface area contributed by atoms with Gasteiger partial charge in [0, 0.05) is 13.2 Å². The van der Waals surface area contributed by atoms with Crippen LogP contribution in [0.2, 0.25) is 0 Å². The zero-order chi connectivity index (χ0) is 8.86. The summed E-state index contributed by atoms with van der Waals surface area (Å²) < 4.78 is 5.33.